The Hall–Kier alpha value is -2.56. The van der Waals surface area contributed by atoms with Crippen molar-refractivity contribution in [3.8, 4) is 16.9 Å². The van der Waals surface area contributed by atoms with E-state index < -0.39 is 0 Å². The van der Waals surface area contributed by atoms with Crippen LogP contribution in [0.2, 0.25) is 10.2 Å². The van der Waals surface area contributed by atoms with Gasteiger partial charge >= 0.3 is 0 Å². The van der Waals surface area contributed by atoms with Gasteiger partial charge in [-0.2, -0.15) is 0 Å². The van der Waals surface area contributed by atoms with E-state index >= 15 is 0 Å². The van der Waals surface area contributed by atoms with Gasteiger partial charge in [-0.05, 0) is 36.4 Å². The van der Waals surface area contributed by atoms with Gasteiger partial charge in [-0.25, -0.2) is 4.98 Å². The molecule has 0 atom stereocenters. The number of halogens is 2. The molecule has 0 saturated heterocycles. The number of pyridine rings is 1. The number of amides is 1. The first kappa shape index (κ1) is 18.2. The quantitative estimate of drug-likeness (QED) is 0.628. The summed E-state index contributed by atoms with van der Waals surface area (Å²) in [5.41, 5.74) is 2.92. The second kappa shape index (κ2) is 8.21. The van der Waals surface area contributed by atoms with Gasteiger partial charge in [-0.1, -0.05) is 41.4 Å². The molecule has 1 heterocycles. The third-order valence-electron chi connectivity index (χ3n) is 3.90. The molecule has 1 amide bonds. The lowest BCUT2D eigenvalue weighted by molar-refractivity contribution is 0.0950. The lowest BCUT2D eigenvalue weighted by Crippen LogP contribution is -2.23. The van der Waals surface area contributed by atoms with E-state index in [1.807, 2.05) is 30.3 Å². The number of aromatic nitrogens is 1. The predicted molar refractivity (Wildman–Crippen MR) is 104 cm³/mol. The van der Waals surface area contributed by atoms with Crippen molar-refractivity contribution in [2.24, 2.45) is 0 Å². The van der Waals surface area contributed by atoms with E-state index in [2.05, 4.69) is 10.3 Å². The van der Waals surface area contributed by atoms with Crippen molar-refractivity contribution in [2.75, 3.05) is 7.11 Å². The predicted octanol–water partition coefficient (Wildman–Crippen LogP) is 4.99. The van der Waals surface area contributed by atoms with Crippen LogP contribution in [0.25, 0.3) is 11.1 Å². The van der Waals surface area contributed by atoms with Crippen molar-refractivity contribution in [1.82, 2.24) is 10.3 Å². The number of rotatable bonds is 5. The van der Waals surface area contributed by atoms with Crippen LogP contribution in [0.1, 0.15) is 15.9 Å². The zero-order valence-electron chi connectivity index (χ0n) is 14.0. The fourth-order valence-electron chi connectivity index (χ4n) is 2.55. The van der Waals surface area contributed by atoms with Crippen LogP contribution < -0.4 is 10.1 Å². The summed E-state index contributed by atoms with van der Waals surface area (Å²) in [6, 6.07) is 16.2. The minimum Gasteiger partial charge on any atom is -0.496 e. The molecule has 0 aliphatic carbocycles. The van der Waals surface area contributed by atoms with Gasteiger partial charge in [0, 0.05) is 40.0 Å². The third kappa shape index (κ3) is 4.15. The molecule has 132 valence electrons. The number of carbonyl (C=O) groups excluding carboxylic acids is 1. The summed E-state index contributed by atoms with van der Waals surface area (Å²) in [6.07, 6.45) is 1.63. The van der Waals surface area contributed by atoms with Crippen LogP contribution >= 0.6 is 23.2 Å². The van der Waals surface area contributed by atoms with Crippen molar-refractivity contribution in [1.29, 1.82) is 0 Å². The third-order valence-corrected chi connectivity index (χ3v) is 4.45. The summed E-state index contributed by atoms with van der Waals surface area (Å²) in [6.45, 7) is 0.364. The van der Waals surface area contributed by atoms with Gasteiger partial charge in [0.1, 0.15) is 10.9 Å². The van der Waals surface area contributed by atoms with Gasteiger partial charge in [0.25, 0.3) is 5.91 Å². The van der Waals surface area contributed by atoms with E-state index in [4.69, 9.17) is 27.9 Å². The highest BCUT2D eigenvalue weighted by molar-refractivity contribution is 6.33. The Labute approximate surface area is 161 Å². The highest BCUT2D eigenvalue weighted by Crippen LogP contribution is 2.29. The molecule has 1 aromatic heterocycles. The number of nitrogens with zero attached hydrogens (tertiary/aromatic N) is 1. The Kier molecular flexibility index (Phi) is 5.76. The number of carbonyl (C=O) groups is 1. The number of nitrogens with one attached hydrogen (secondary N) is 1. The van der Waals surface area contributed by atoms with Crippen molar-refractivity contribution in [3.05, 3.63) is 82.1 Å². The molecule has 2 aromatic carbocycles. The summed E-state index contributed by atoms with van der Waals surface area (Å²) in [4.78, 5) is 16.6. The first-order valence-corrected chi connectivity index (χ1v) is 8.65. The smallest absolute Gasteiger partial charge is 0.251 e. The highest BCUT2D eigenvalue weighted by Gasteiger charge is 2.11. The largest absolute Gasteiger partial charge is 0.496 e. The average Bonchev–Trinajstić information content (AvgIpc) is 2.67. The van der Waals surface area contributed by atoms with Gasteiger partial charge in [-0.15, -0.1) is 0 Å². The molecule has 0 fully saturated rings. The minimum atomic E-state index is -0.198. The fourth-order valence-corrected chi connectivity index (χ4v) is 2.89. The second-order valence-electron chi connectivity index (χ2n) is 5.56. The van der Waals surface area contributed by atoms with E-state index in [0.717, 1.165) is 22.4 Å². The molecule has 6 heteroatoms. The number of hydrogen-bond acceptors (Lipinski definition) is 3. The lowest BCUT2D eigenvalue weighted by atomic mass is 10.0. The maximum absolute atomic E-state index is 12.5. The summed E-state index contributed by atoms with van der Waals surface area (Å²) < 4.78 is 5.30. The Balaban J connectivity index is 1.79. The fraction of sp³-hybridized carbons (Fsp3) is 0.100. The van der Waals surface area contributed by atoms with Crippen molar-refractivity contribution in [2.45, 2.75) is 6.54 Å². The van der Waals surface area contributed by atoms with E-state index in [0.29, 0.717) is 22.3 Å². The van der Waals surface area contributed by atoms with Crippen LogP contribution in [-0.2, 0) is 6.54 Å². The molecule has 0 aliphatic heterocycles. The molecule has 0 bridgehead atoms. The van der Waals surface area contributed by atoms with Gasteiger partial charge in [0.15, 0.2) is 0 Å². The van der Waals surface area contributed by atoms with Gasteiger partial charge in [-0.3, -0.25) is 4.79 Å². The molecule has 3 aromatic rings. The number of benzene rings is 2. The molecular weight excluding hydrogens is 371 g/mol. The van der Waals surface area contributed by atoms with Gasteiger partial charge in [0.2, 0.25) is 0 Å². The Morgan fingerprint density at radius 2 is 1.92 bits per heavy atom. The van der Waals surface area contributed by atoms with Gasteiger partial charge in [0.05, 0.1) is 7.11 Å². The maximum atomic E-state index is 12.5. The summed E-state index contributed by atoms with van der Waals surface area (Å²) in [7, 11) is 1.60. The van der Waals surface area contributed by atoms with Crippen molar-refractivity contribution >= 4 is 29.1 Å². The Morgan fingerprint density at radius 1 is 1.12 bits per heavy atom. The maximum Gasteiger partial charge on any atom is 0.251 e. The van der Waals surface area contributed by atoms with Crippen molar-refractivity contribution in [3.63, 3.8) is 0 Å². The average molecular weight is 387 g/mol. The molecule has 0 radical (unpaired) electrons. The molecule has 26 heavy (non-hydrogen) atoms. The van der Waals surface area contributed by atoms with E-state index in [9.17, 15) is 4.79 Å². The zero-order valence-corrected chi connectivity index (χ0v) is 15.5. The molecule has 3 rings (SSSR count). The van der Waals surface area contributed by atoms with E-state index in [-0.39, 0.29) is 5.91 Å². The van der Waals surface area contributed by atoms with E-state index in [1.165, 1.54) is 0 Å². The molecule has 4 nitrogen and oxygen atoms in total. The monoisotopic (exact) mass is 386 g/mol. The Morgan fingerprint density at radius 3 is 2.65 bits per heavy atom. The lowest BCUT2D eigenvalue weighted by Gasteiger charge is -2.11. The second-order valence-corrected chi connectivity index (χ2v) is 6.35. The van der Waals surface area contributed by atoms with Crippen LogP contribution in [0.15, 0.2) is 60.8 Å². The number of methoxy groups -OCH3 is 1. The summed E-state index contributed by atoms with van der Waals surface area (Å²) >= 11 is 12.1. The van der Waals surface area contributed by atoms with Crippen LogP contribution in [0, 0.1) is 0 Å². The molecular formula is C20H16Cl2N2O2. The standard InChI is InChI=1S/C20H16Cl2N2O2/c1-26-18-5-3-2-4-15(18)12-24-20(25)13-6-8-17(21)16(10-13)14-7-9-19(22)23-11-14/h2-11H,12H2,1H3,(H,24,25). The molecule has 1 N–H and O–H groups in total. The zero-order chi connectivity index (χ0) is 18.5. The normalized spacial score (nSPS) is 10.4. The molecule has 0 aliphatic rings. The summed E-state index contributed by atoms with van der Waals surface area (Å²) in [5, 5.41) is 3.83. The number of para-hydroxylation sites is 1. The molecule has 0 unspecified atom stereocenters. The number of ether oxygens (including phenoxy) is 1. The summed E-state index contributed by atoms with van der Waals surface area (Å²) in [5.74, 6) is 0.535. The molecule has 0 saturated carbocycles. The van der Waals surface area contributed by atoms with Gasteiger partial charge < -0.3 is 10.1 Å². The molecule has 0 spiro atoms. The topological polar surface area (TPSA) is 51.2 Å². The Bertz CT molecular complexity index is 927. The van der Waals surface area contributed by atoms with Crippen LogP contribution in [0.4, 0.5) is 0 Å². The van der Waals surface area contributed by atoms with Crippen LogP contribution in [0.5, 0.6) is 5.75 Å². The highest BCUT2D eigenvalue weighted by atomic mass is 35.5. The van der Waals surface area contributed by atoms with E-state index in [1.54, 1.807) is 37.6 Å². The number of hydrogen-bond donors (Lipinski definition) is 1. The van der Waals surface area contributed by atoms with Crippen LogP contribution in [-0.4, -0.2) is 18.0 Å². The first-order chi connectivity index (χ1) is 12.6. The first-order valence-electron chi connectivity index (χ1n) is 7.90. The van der Waals surface area contributed by atoms with Crippen LogP contribution in [0.3, 0.4) is 0 Å². The minimum absolute atomic E-state index is 0.198. The van der Waals surface area contributed by atoms with Crippen molar-refractivity contribution < 1.29 is 9.53 Å². The SMILES string of the molecule is COc1ccccc1CNC(=O)c1ccc(Cl)c(-c2ccc(Cl)nc2)c1.